The number of rotatable bonds is 4. The Bertz CT molecular complexity index is 815. The van der Waals surface area contributed by atoms with E-state index in [2.05, 4.69) is 11.0 Å². The molecule has 2 heterocycles. The van der Waals surface area contributed by atoms with Crippen molar-refractivity contribution in [2.24, 2.45) is 5.73 Å². The fourth-order valence-electron chi connectivity index (χ4n) is 3.39. The van der Waals surface area contributed by atoms with Gasteiger partial charge >= 0.3 is 5.97 Å². The molecule has 0 radical (unpaired) electrons. The van der Waals surface area contributed by atoms with Crippen LogP contribution in [-0.4, -0.2) is 38.9 Å². The molecular weight excluding hydrogens is 346 g/mol. The monoisotopic (exact) mass is 369 g/mol. The lowest BCUT2D eigenvalue weighted by Gasteiger charge is -2.30. The molecule has 0 spiro atoms. The first-order valence-electron chi connectivity index (χ1n) is 8.95. The fourth-order valence-corrected chi connectivity index (χ4v) is 3.39. The number of ether oxygens (including phenoxy) is 3. The predicted octanol–water partition coefficient (Wildman–Crippen LogP) is 2.17. The molecule has 1 saturated heterocycles. The Kier molecular flexibility index (Phi) is 5.67. The van der Waals surface area contributed by atoms with Gasteiger partial charge in [0, 0.05) is 18.8 Å². The van der Waals surface area contributed by atoms with Crippen LogP contribution >= 0.6 is 0 Å². The molecule has 1 aromatic rings. The number of morpholine rings is 1. The maximum Gasteiger partial charge on any atom is 0.338 e. The number of allylic oxidation sites excluding steroid dienone is 2. The highest BCUT2D eigenvalue weighted by atomic mass is 16.5. The van der Waals surface area contributed by atoms with Gasteiger partial charge in [-0.2, -0.15) is 5.26 Å². The number of nitrogens with two attached hydrogens (primary N) is 1. The zero-order valence-corrected chi connectivity index (χ0v) is 15.5. The van der Waals surface area contributed by atoms with E-state index in [-0.39, 0.29) is 18.1 Å². The molecule has 2 aliphatic rings. The summed E-state index contributed by atoms with van der Waals surface area (Å²) in [5.41, 5.74) is 8.30. The van der Waals surface area contributed by atoms with E-state index < -0.39 is 11.9 Å². The van der Waals surface area contributed by atoms with Gasteiger partial charge in [0.2, 0.25) is 5.88 Å². The number of carbonyl (C=O) groups excluding carboxylic acids is 1. The second kappa shape index (κ2) is 8.14. The quantitative estimate of drug-likeness (QED) is 0.812. The minimum atomic E-state index is -0.610. The summed E-state index contributed by atoms with van der Waals surface area (Å²) in [6, 6.07) is 9.89. The minimum absolute atomic E-state index is 0.0188. The summed E-state index contributed by atoms with van der Waals surface area (Å²) < 4.78 is 16.0. The van der Waals surface area contributed by atoms with Crippen LogP contribution in [0.2, 0.25) is 0 Å². The number of hydrogen-bond acceptors (Lipinski definition) is 7. The molecule has 0 bridgehead atoms. The van der Waals surface area contributed by atoms with Crippen LogP contribution in [0.15, 0.2) is 47.1 Å². The Balaban J connectivity index is 1.97. The number of esters is 1. The van der Waals surface area contributed by atoms with Crippen LogP contribution < -0.4 is 10.6 Å². The first kappa shape index (κ1) is 18.8. The number of carbonyl (C=O) groups is 1. The molecule has 2 N–H and O–H groups in total. The molecule has 1 fully saturated rings. The topological polar surface area (TPSA) is 97.8 Å². The van der Waals surface area contributed by atoms with Crippen molar-refractivity contribution in [3.05, 3.63) is 52.6 Å². The lowest BCUT2D eigenvalue weighted by Crippen LogP contribution is -2.36. The first-order chi connectivity index (χ1) is 13.1. The smallest absolute Gasteiger partial charge is 0.338 e. The van der Waals surface area contributed by atoms with Gasteiger partial charge in [-0.3, -0.25) is 0 Å². The van der Waals surface area contributed by atoms with E-state index in [0.29, 0.717) is 24.5 Å². The van der Waals surface area contributed by atoms with Gasteiger partial charge in [0.1, 0.15) is 17.4 Å². The Morgan fingerprint density at radius 3 is 2.59 bits per heavy atom. The summed E-state index contributed by atoms with van der Waals surface area (Å²) >= 11 is 0. The second-order valence-electron chi connectivity index (χ2n) is 6.31. The highest BCUT2D eigenvalue weighted by Gasteiger charge is 2.36. The van der Waals surface area contributed by atoms with Gasteiger partial charge in [-0.15, -0.1) is 0 Å². The molecule has 0 unspecified atom stereocenters. The van der Waals surface area contributed by atoms with Crippen LogP contribution in [0.1, 0.15) is 25.3 Å². The van der Waals surface area contributed by atoms with E-state index in [0.717, 1.165) is 24.3 Å². The van der Waals surface area contributed by atoms with E-state index in [1.807, 2.05) is 24.3 Å². The Morgan fingerprint density at radius 2 is 2.00 bits per heavy atom. The molecule has 27 heavy (non-hydrogen) atoms. The van der Waals surface area contributed by atoms with Gasteiger partial charge in [0.15, 0.2) is 0 Å². The van der Waals surface area contributed by atoms with E-state index in [1.165, 1.54) is 0 Å². The SMILES string of the molecule is CCOC(=O)C1=C(C)OC(N)=C(C#N)[C@H]1c1ccc(N2CCOCC2)cc1. The second-order valence-corrected chi connectivity index (χ2v) is 6.31. The predicted molar refractivity (Wildman–Crippen MR) is 99.5 cm³/mol. The third-order valence-electron chi connectivity index (χ3n) is 4.70. The molecule has 0 aliphatic carbocycles. The summed E-state index contributed by atoms with van der Waals surface area (Å²) in [5.74, 6) is -0.739. The van der Waals surface area contributed by atoms with Crippen molar-refractivity contribution < 1.29 is 19.0 Å². The van der Waals surface area contributed by atoms with Crippen molar-refractivity contribution in [3.8, 4) is 6.07 Å². The van der Waals surface area contributed by atoms with Crippen LogP contribution in [-0.2, 0) is 19.0 Å². The lowest BCUT2D eigenvalue weighted by molar-refractivity contribution is -0.139. The number of benzene rings is 1. The van der Waals surface area contributed by atoms with Crippen molar-refractivity contribution in [2.45, 2.75) is 19.8 Å². The molecule has 0 amide bonds. The standard InChI is InChI=1S/C20H23N3O4/c1-3-26-20(24)17-13(2)27-19(22)16(12-21)18(17)14-4-6-15(7-5-14)23-8-10-25-11-9-23/h4-7,18H,3,8-11,22H2,1-2H3/t18-/m1/s1. The Labute approximate surface area is 158 Å². The molecule has 0 saturated carbocycles. The van der Waals surface area contributed by atoms with E-state index in [9.17, 15) is 10.1 Å². The fraction of sp³-hybridized carbons (Fsp3) is 0.400. The maximum absolute atomic E-state index is 12.5. The van der Waals surface area contributed by atoms with Crippen molar-refractivity contribution in [1.29, 1.82) is 5.26 Å². The highest BCUT2D eigenvalue weighted by Crippen LogP contribution is 2.40. The maximum atomic E-state index is 12.5. The Morgan fingerprint density at radius 1 is 1.33 bits per heavy atom. The lowest BCUT2D eigenvalue weighted by atomic mass is 9.83. The summed E-state index contributed by atoms with van der Waals surface area (Å²) in [5, 5.41) is 9.60. The van der Waals surface area contributed by atoms with E-state index in [4.69, 9.17) is 19.9 Å². The summed E-state index contributed by atoms with van der Waals surface area (Å²) in [6.07, 6.45) is 0. The first-order valence-corrected chi connectivity index (χ1v) is 8.95. The Hall–Kier alpha value is -2.98. The van der Waals surface area contributed by atoms with Crippen LogP contribution in [0.5, 0.6) is 0 Å². The van der Waals surface area contributed by atoms with Crippen molar-refractivity contribution in [2.75, 3.05) is 37.8 Å². The van der Waals surface area contributed by atoms with Gasteiger partial charge in [0.25, 0.3) is 0 Å². The molecule has 0 aromatic heterocycles. The number of hydrogen-bond donors (Lipinski definition) is 1. The van der Waals surface area contributed by atoms with Crippen molar-refractivity contribution in [3.63, 3.8) is 0 Å². The van der Waals surface area contributed by atoms with Gasteiger partial charge in [-0.25, -0.2) is 4.79 Å². The van der Waals surface area contributed by atoms with Crippen molar-refractivity contribution in [1.82, 2.24) is 0 Å². The van der Waals surface area contributed by atoms with Gasteiger partial charge in [-0.1, -0.05) is 12.1 Å². The third-order valence-corrected chi connectivity index (χ3v) is 4.70. The summed E-state index contributed by atoms with van der Waals surface area (Å²) in [6.45, 7) is 6.70. The average molecular weight is 369 g/mol. The minimum Gasteiger partial charge on any atom is -0.463 e. The molecule has 7 nitrogen and oxygen atoms in total. The molecule has 7 heteroatoms. The highest BCUT2D eigenvalue weighted by molar-refractivity contribution is 5.92. The zero-order chi connectivity index (χ0) is 19.4. The third kappa shape index (κ3) is 3.76. The number of nitriles is 1. The summed E-state index contributed by atoms with van der Waals surface area (Å²) in [4.78, 5) is 14.8. The zero-order valence-electron chi connectivity index (χ0n) is 15.5. The van der Waals surface area contributed by atoms with Gasteiger partial charge < -0.3 is 24.8 Å². The molecule has 1 aromatic carbocycles. The number of anilines is 1. The van der Waals surface area contributed by atoms with Gasteiger partial charge in [-0.05, 0) is 31.5 Å². The van der Waals surface area contributed by atoms with Crippen LogP contribution in [0, 0.1) is 11.3 Å². The normalized spacial score (nSPS) is 20.2. The molecule has 1 atom stereocenters. The van der Waals surface area contributed by atoms with Crippen LogP contribution in [0.4, 0.5) is 5.69 Å². The largest absolute Gasteiger partial charge is 0.463 e. The number of nitrogens with zero attached hydrogens (tertiary/aromatic N) is 2. The van der Waals surface area contributed by atoms with E-state index in [1.54, 1.807) is 13.8 Å². The van der Waals surface area contributed by atoms with Crippen molar-refractivity contribution >= 4 is 11.7 Å². The van der Waals surface area contributed by atoms with Crippen LogP contribution in [0.25, 0.3) is 0 Å². The summed E-state index contributed by atoms with van der Waals surface area (Å²) in [7, 11) is 0. The average Bonchev–Trinajstić information content (AvgIpc) is 2.68. The molecule has 2 aliphatic heterocycles. The van der Waals surface area contributed by atoms with Crippen LogP contribution in [0.3, 0.4) is 0 Å². The molecular formula is C20H23N3O4. The molecule has 142 valence electrons. The van der Waals surface area contributed by atoms with Gasteiger partial charge in [0.05, 0.1) is 31.3 Å². The van der Waals surface area contributed by atoms with E-state index >= 15 is 0 Å². The molecule has 3 rings (SSSR count).